The average molecular weight is 365 g/mol. The van der Waals surface area contributed by atoms with Crippen LogP contribution in [0.1, 0.15) is 27.5 Å². The summed E-state index contributed by atoms with van der Waals surface area (Å²) in [6.45, 7) is 1.85. The summed E-state index contributed by atoms with van der Waals surface area (Å²) >= 11 is 0. The molecule has 1 unspecified atom stereocenters. The number of methoxy groups -OCH3 is 1. The lowest BCUT2D eigenvalue weighted by molar-refractivity contribution is -0.119. The molecule has 0 aliphatic heterocycles. The lowest BCUT2D eigenvalue weighted by Gasteiger charge is -2.17. The highest BCUT2D eigenvalue weighted by Crippen LogP contribution is 2.21. The smallest absolute Gasteiger partial charge is 0.337 e. The number of ether oxygens (including phenoxy) is 1. The van der Waals surface area contributed by atoms with Crippen molar-refractivity contribution in [3.05, 3.63) is 71.5 Å². The van der Waals surface area contributed by atoms with E-state index < -0.39 is 12.0 Å². The van der Waals surface area contributed by atoms with E-state index in [0.29, 0.717) is 17.7 Å². The molecule has 27 heavy (non-hydrogen) atoms. The van der Waals surface area contributed by atoms with Crippen LogP contribution in [0.15, 0.2) is 54.9 Å². The Hall–Kier alpha value is -3.55. The molecule has 8 nitrogen and oxygen atoms in total. The number of nitrogens with one attached hydrogen (secondary N) is 1. The first-order valence-electron chi connectivity index (χ1n) is 8.34. The minimum atomic E-state index is -0.636. The van der Waals surface area contributed by atoms with E-state index in [-0.39, 0.29) is 5.91 Å². The summed E-state index contributed by atoms with van der Waals surface area (Å²) in [5.74, 6) is -0.747. The van der Waals surface area contributed by atoms with Crippen LogP contribution in [-0.4, -0.2) is 39.2 Å². The zero-order valence-corrected chi connectivity index (χ0v) is 15.0. The van der Waals surface area contributed by atoms with Crippen molar-refractivity contribution < 1.29 is 14.3 Å². The van der Waals surface area contributed by atoms with E-state index in [1.54, 1.807) is 18.2 Å². The highest BCUT2D eigenvalue weighted by atomic mass is 16.5. The molecule has 0 saturated carbocycles. The Kier molecular flexibility index (Phi) is 5.55. The van der Waals surface area contributed by atoms with Crippen molar-refractivity contribution in [2.75, 3.05) is 12.4 Å². The number of carbonyl (C=O) groups is 2. The first-order valence-corrected chi connectivity index (χ1v) is 8.34. The second kappa shape index (κ2) is 8.22. The van der Waals surface area contributed by atoms with Gasteiger partial charge in [-0.15, -0.1) is 5.10 Å². The summed E-state index contributed by atoms with van der Waals surface area (Å²) in [5, 5.41) is 14.0. The molecule has 0 spiro atoms. The summed E-state index contributed by atoms with van der Waals surface area (Å²) in [7, 11) is 1.31. The van der Waals surface area contributed by atoms with Gasteiger partial charge in [0.25, 0.3) is 0 Å². The number of benzene rings is 2. The van der Waals surface area contributed by atoms with Gasteiger partial charge in [-0.3, -0.25) is 4.79 Å². The van der Waals surface area contributed by atoms with Gasteiger partial charge in [-0.25, -0.2) is 9.48 Å². The summed E-state index contributed by atoms with van der Waals surface area (Å²) in [5.41, 5.74) is 2.70. The number of nitrogens with zero attached hydrogens (tertiary/aromatic N) is 4. The zero-order chi connectivity index (χ0) is 19.2. The molecule has 0 saturated heterocycles. The SMILES string of the molecule is COC(=O)c1ccc(C)c(NC(=O)C(Cc2ccccc2)n2cnnn2)c1. The molecule has 8 heteroatoms. The van der Waals surface area contributed by atoms with Crippen LogP contribution in [0.4, 0.5) is 5.69 Å². The molecule has 1 N–H and O–H groups in total. The number of aryl methyl sites for hydroxylation is 1. The molecule has 1 atom stereocenters. The van der Waals surface area contributed by atoms with Crippen molar-refractivity contribution >= 4 is 17.6 Å². The van der Waals surface area contributed by atoms with Gasteiger partial charge >= 0.3 is 5.97 Å². The second-order valence-electron chi connectivity index (χ2n) is 6.01. The Morgan fingerprint density at radius 2 is 1.96 bits per heavy atom. The van der Waals surface area contributed by atoms with Gasteiger partial charge in [0.1, 0.15) is 12.4 Å². The number of hydrogen-bond donors (Lipinski definition) is 1. The van der Waals surface area contributed by atoms with E-state index in [0.717, 1.165) is 11.1 Å². The molecule has 0 fully saturated rings. The number of hydrogen-bond acceptors (Lipinski definition) is 6. The minimum absolute atomic E-state index is 0.281. The normalized spacial score (nSPS) is 11.6. The van der Waals surface area contributed by atoms with Gasteiger partial charge in [0.05, 0.1) is 12.7 Å². The van der Waals surface area contributed by atoms with Crippen LogP contribution < -0.4 is 5.32 Å². The lowest BCUT2D eigenvalue weighted by atomic mass is 10.0. The first-order chi connectivity index (χ1) is 13.1. The third kappa shape index (κ3) is 4.35. The van der Waals surface area contributed by atoms with Crippen molar-refractivity contribution in [2.24, 2.45) is 0 Å². The van der Waals surface area contributed by atoms with E-state index in [1.165, 1.54) is 18.1 Å². The van der Waals surface area contributed by atoms with Crippen LogP contribution >= 0.6 is 0 Å². The molecule has 0 radical (unpaired) electrons. The Bertz CT molecular complexity index is 926. The fraction of sp³-hybridized carbons (Fsp3) is 0.211. The molecule has 1 aromatic heterocycles. The molecule has 0 bridgehead atoms. The van der Waals surface area contributed by atoms with Crippen LogP contribution in [-0.2, 0) is 16.0 Å². The number of esters is 1. The number of aromatic nitrogens is 4. The maximum atomic E-state index is 13.0. The van der Waals surface area contributed by atoms with Crippen LogP contribution in [0, 0.1) is 6.92 Å². The molecule has 0 aliphatic carbocycles. The van der Waals surface area contributed by atoms with Gasteiger partial charge in [-0.05, 0) is 40.6 Å². The van der Waals surface area contributed by atoms with Gasteiger partial charge in [0.2, 0.25) is 5.91 Å². The molecule has 0 aliphatic rings. The van der Waals surface area contributed by atoms with E-state index >= 15 is 0 Å². The molecule has 1 amide bonds. The molecule has 3 aromatic rings. The van der Waals surface area contributed by atoms with E-state index in [2.05, 4.69) is 20.8 Å². The number of amides is 1. The standard InChI is InChI=1S/C19H19N5O3/c1-13-8-9-15(19(26)27-2)11-16(13)21-18(25)17(24-12-20-22-23-24)10-14-6-4-3-5-7-14/h3-9,11-12,17H,10H2,1-2H3,(H,21,25). The van der Waals surface area contributed by atoms with Crippen LogP contribution in [0.25, 0.3) is 0 Å². The Morgan fingerprint density at radius 3 is 2.63 bits per heavy atom. The highest BCUT2D eigenvalue weighted by Gasteiger charge is 2.23. The van der Waals surface area contributed by atoms with Crippen molar-refractivity contribution in [3.8, 4) is 0 Å². The molecule has 1 heterocycles. The van der Waals surface area contributed by atoms with E-state index in [1.807, 2.05) is 37.3 Å². The van der Waals surface area contributed by atoms with Crippen molar-refractivity contribution in [1.82, 2.24) is 20.2 Å². The number of tetrazole rings is 1. The lowest BCUT2D eigenvalue weighted by Crippen LogP contribution is -2.28. The summed E-state index contributed by atoms with van der Waals surface area (Å²) in [6, 6.07) is 14.0. The highest BCUT2D eigenvalue weighted by molar-refractivity contribution is 5.97. The maximum Gasteiger partial charge on any atom is 0.337 e. The third-order valence-corrected chi connectivity index (χ3v) is 4.18. The van der Waals surface area contributed by atoms with Crippen LogP contribution in [0.2, 0.25) is 0 Å². The fourth-order valence-corrected chi connectivity index (χ4v) is 2.67. The van der Waals surface area contributed by atoms with E-state index in [9.17, 15) is 9.59 Å². The average Bonchev–Trinajstić information content (AvgIpc) is 3.22. The molecular formula is C19H19N5O3. The van der Waals surface area contributed by atoms with Gasteiger partial charge < -0.3 is 10.1 Å². The largest absolute Gasteiger partial charge is 0.465 e. The van der Waals surface area contributed by atoms with Crippen molar-refractivity contribution in [1.29, 1.82) is 0 Å². The molecule has 3 rings (SSSR count). The van der Waals surface area contributed by atoms with Crippen molar-refractivity contribution in [3.63, 3.8) is 0 Å². The number of carbonyl (C=O) groups excluding carboxylic acids is 2. The molecular weight excluding hydrogens is 346 g/mol. The fourth-order valence-electron chi connectivity index (χ4n) is 2.67. The van der Waals surface area contributed by atoms with E-state index in [4.69, 9.17) is 4.74 Å². The quantitative estimate of drug-likeness (QED) is 0.672. The summed E-state index contributed by atoms with van der Waals surface area (Å²) in [4.78, 5) is 24.7. The van der Waals surface area contributed by atoms with Gasteiger partial charge in [0, 0.05) is 12.1 Å². The van der Waals surface area contributed by atoms with Gasteiger partial charge in [0.15, 0.2) is 0 Å². The van der Waals surface area contributed by atoms with Gasteiger partial charge in [-0.2, -0.15) is 0 Å². The Morgan fingerprint density at radius 1 is 1.19 bits per heavy atom. The second-order valence-corrected chi connectivity index (χ2v) is 6.01. The first kappa shape index (κ1) is 18.2. The van der Waals surface area contributed by atoms with Crippen molar-refractivity contribution in [2.45, 2.75) is 19.4 Å². The molecule has 138 valence electrons. The topological polar surface area (TPSA) is 99.0 Å². The van der Waals surface area contributed by atoms with Crippen LogP contribution in [0.3, 0.4) is 0 Å². The zero-order valence-electron chi connectivity index (χ0n) is 15.0. The predicted molar refractivity (Wildman–Crippen MR) is 98.1 cm³/mol. The third-order valence-electron chi connectivity index (χ3n) is 4.18. The number of anilines is 1. The van der Waals surface area contributed by atoms with Crippen LogP contribution in [0.5, 0.6) is 0 Å². The molecule has 2 aromatic carbocycles. The summed E-state index contributed by atoms with van der Waals surface area (Å²) < 4.78 is 6.16. The summed E-state index contributed by atoms with van der Waals surface area (Å²) in [6.07, 6.45) is 1.83. The minimum Gasteiger partial charge on any atom is -0.465 e. The predicted octanol–water partition coefficient (Wildman–Crippen LogP) is 2.19. The van der Waals surface area contributed by atoms with Gasteiger partial charge in [-0.1, -0.05) is 36.4 Å². The Labute approximate surface area is 156 Å². The monoisotopic (exact) mass is 365 g/mol. The maximum absolute atomic E-state index is 13.0. The number of rotatable bonds is 6. The Balaban J connectivity index is 1.86.